The molecule has 0 aliphatic heterocycles. The zero-order valence-electron chi connectivity index (χ0n) is 8.69. The van der Waals surface area contributed by atoms with Gasteiger partial charge in [-0.1, -0.05) is 11.8 Å². The third-order valence-electron chi connectivity index (χ3n) is 1.58. The van der Waals surface area contributed by atoms with Gasteiger partial charge in [-0.25, -0.2) is 9.97 Å². The molecular weight excluding hydrogens is 214 g/mol. The molecule has 2 N–H and O–H groups in total. The second-order valence-electron chi connectivity index (χ2n) is 2.81. The fourth-order valence-electron chi connectivity index (χ4n) is 0.915. The minimum absolute atomic E-state index is 0.215. The van der Waals surface area contributed by atoms with Crippen molar-refractivity contribution >= 4 is 23.7 Å². The van der Waals surface area contributed by atoms with Crippen molar-refractivity contribution in [1.29, 1.82) is 0 Å². The van der Waals surface area contributed by atoms with Crippen LogP contribution in [0, 0.1) is 6.92 Å². The number of carbonyl (C=O) groups excluding carboxylic acids is 1. The predicted octanol–water partition coefficient (Wildman–Crippen LogP) is 1.02. The molecule has 0 atom stereocenters. The highest BCUT2D eigenvalue weighted by molar-refractivity contribution is 7.99. The average Bonchev–Trinajstić information content (AvgIpc) is 2.20. The Bertz CT molecular complexity index is 357. The number of esters is 1. The minimum atomic E-state index is -0.251. The Morgan fingerprint density at radius 2 is 2.40 bits per heavy atom. The Kier molecular flexibility index (Phi) is 4.36. The van der Waals surface area contributed by atoms with Crippen molar-refractivity contribution in [3.05, 3.63) is 11.8 Å². The molecule has 0 unspecified atom stereocenters. The first kappa shape index (κ1) is 11.8. The molecule has 0 aliphatic carbocycles. The van der Waals surface area contributed by atoms with Gasteiger partial charge in [-0.15, -0.1) is 0 Å². The minimum Gasteiger partial charge on any atom is -0.465 e. The molecule has 1 heterocycles. The number of hydrogen-bond donors (Lipinski definition) is 1. The lowest BCUT2D eigenvalue weighted by Gasteiger charge is -2.04. The molecule has 0 bridgehead atoms. The molecule has 0 aliphatic rings. The standard InChI is InChI=1S/C9H13N3O2S/c1-3-14-7(13)5-15-8-6(2)4-11-9(10)12-8/h4H,3,5H2,1-2H3,(H2,10,11,12). The van der Waals surface area contributed by atoms with Gasteiger partial charge in [0.25, 0.3) is 0 Å². The number of ether oxygens (including phenoxy) is 1. The lowest BCUT2D eigenvalue weighted by atomic mass is 10.4. The topological polar surface area (TPSA) is 78.1 Å². The normalized spacial score (nSPS) is 10.0. The SMILES string of the molecule is CCOC(=O)CSc1nc(N)ncc1C. The van der Waals surface area contributed by atoms with Gasteiger partial charge in [-0.3, -0.25) is 4.79 Å². The van der Waals surface area contributed by atoms with Crippen molar-refractivity contribution in [2.45, 2.75) is 18.9 Å². The summed E-state index contributed by atoms with van der Waals surface area (Å²) in [6.07, 6.45) is 1.63. The van der Waals surface area contributed by atoms with Crippen LogP contribution >= 0.6 is 11.8 Å². The van der Waals surface area contributed by atoms with Crippen LogP contribution in [0.2, 0.25) is 0 Å². The van der Waals surface area contributed by atoms with Gasteiger partial charge in [0.1, 0.15) is 5.03 Å². The third-order valence-corrected chi connectivity index (χ3v) is 2.64. The fraction of sp³-hybridized carbons (Fsp3) is 0.444. The van der Waals surface area contributed by atoms with Gasteiger partial charge >= 0.3 is 5.97 Å². The van der Waals surface area contributed by atoms with Crippen LogP contribution in [-0.2, 0) is 9.53 Å². The molecule has 0 spiro atoms. The van der Waals surface area contributed by atoms with E-state index < -0.39 is 0 Å². The van der Waals surface area contributed by atoms with E-state index in [1.54, 1.807) is 13.1 Å². The lowest BCUT2D eigenvalue weighted by Crippen LogP contribution is -2.07. The number of nitrogens with zero attached hydrogens (tertiary/aromatic N) is 2. The van der Waals surface area contributed by atoms with Crippen LogP contribution in [-0.4, -0.2) is 28.3 Å². The molecule has 0 fully saturated rings. The molecule has 1 aromatic rings. The molecule has 0 aromatic carbocycles. The third kappa shape index (κ3) is 3.75. The van der Waals surface area contributed by atoms with Crippen molar-refractivity contribution in [2.75, 3.05) is 18.1 Å². The summed E-state index contributed by atoms with van der Waals surface area (Å²) in [4.78, 5) is 19.0. The van der Waals surface area contributed by atoms with Gasteiger partial charge < -0.3 is 10.5 Å². The molecule has 82 valence electrons. The first-order chi connectivity index (χ1) is 7.13. The molecule has 0 saturated heterocycles. The van der Waals surface area contributed by atoms with Crippen molar-refractivity contribution < 1.29 is 9.53 Å². The number of nitrogens with two attached hydrogens (primary N) is 1. The van der Waals surface area contributed by atoms with Crippen molar-refractivity contribution in [3.8, 4) is 0 Å². The van der Waals surface area contributed by atoms with Crippen LogP contribution in [0.1, 0.15) is 12.5 Å². The van der Waals surface area contributed by atoms with E-state index in [-0.39, 0.29) is 17.7 Å². The summed E-state index contributed by atoms with van der Waals surface area (Å²) in [5.41, 5.74) is 6.34. The number of hydrogen-bond acceptors (Lipinski definition) is 6. The van der Waals surface area contributed by atoms with Crippen LogP contribution < -0.4 is 5.73 Å². The summed E-state index contributed by atoms with van der Waals surface area (Å²) < 4.78 is 4.80. The number of rotatable bonds is 4. The maximum atomic E-state index is 11.1. The van der Waals surface area contributed by atoms with Gasteiger partial charge in [0.15, 0.2) is 0 Å². The first-order valence-electron chi connectivity index (χ1n) is 4.51. The van der Waals surface area contributed by atoms with Gasteiger partial charge in [0, 0.05) is 6.20 Å². The summed E-state index contributed by atoms with van der Waals surface area (Å²) in [5.74, 6) is 0.205. The second-order valence-corrected chi connectivity index (χ2v) is 3.77. The summed E-state index contributed by atoms with van der Waals surface area (Å²) in [5, 5.41) is 0.718. The largest absolute Gasteiger partial charge is 0.465 e. The number of aromatic nitrogens is 2. The van der Waals surface area contributed by atoms with E-state index >= 15 is 0 Å². The van der Waals surface area contributed by atoms with E-state index in [4.69, 9.17) is 10.5 Å². The van der Waals surface area contributed by atoms with Gasteiger partial charge in [-0.2, -0.15) is 0 Å². The van der Waals surface area contributed by atoms with Crippen LogP contribution in [0.25, 0.3) is 0 Å². The Hall–Kier alpha value is -1.30. The van der Waals surface area contributed by atoms with Gasteiger partial charge in [-0.05, 0) is 19.4 Å². The fourth-order valence-corrected chi connectivity index (χ4v) is 1.69. The number of nitrogen functional groups attached to an aromatic ring is 1. The molecule has 0 amide bonds. The molecular formula is C9H13N3O2S. The number of carbonyl (C=O) groups is 1. The molecule has 5 nitrogen and oxygen atoms in total. The van der Waals surface area contributed by atoms with E-state index in [1.807, 2.05) is 6.92 Å². The monoisotopic (exact) mass is 227 g/mol. The van der Waals surface area contributed by atoms with E-state index in [0.717, 1.165) is 10.6 Å². The first-order valence-corrected chi connectivity index (χ1v) is 5.49. The highest BCUT2D eigenvalue weighted by Crippen LogP contribution is 2.19. The van der Waals surface area contributed by atoms with Crippen LogP contribution in [0.3, 0.4) is 0 Å². The molecule has 0 saturated carbocycles. The zero-order valence-corrected chi connectivity index (χ0v) is 9.50. The summed E-state index contributed by atoms with van der Waals surface area (Å²) in [7, 11) is 0. The number of aryl methyl sites for hydroxylation is 1. The van der Waals surface area contributed by atoms with Crippen LogP contribution in [0.15, 0.2) is 11.2 Å². The summed E-state index contributed by atoms with van der Waals surface area (Å²) in [6.45, 7) is 4.04. The molecule has 1 rings (SSSR count). The maximum Gasteiger partial charge on any atom is 0.316 e. The highest BCUT2D eigenvalue weighted by Gasteiger charge is 2.07. The summed E-state index contributed by atoms with van der Waals surface area (Å²) in [6, 6.07) is 0. The second kappa shape index (κ2) is 5.55. The van der Waals surface area contributed by atoms with E-state index in [1.165, 1.54) is 11.8 Å². The molecule has 0 radical (unpaired) electrons. The quantitative estimate of drug-likeness (QED) is 0.470. The Labute approximate surface area is 92.4 Å². The van der Waals surface area contributed by atoms with E-state index in [2.05, 4.69) is 9.97 Å². The van der Waals surface area contributed by atoms with Crippen molar-refractivity contribution in [2.24, 2.45) is 0 Å². The smallest absolute Gasteiger partial charge is 0.316 e. The predicted molar refractivity (Wildman–Crippen MR) is 58.5 cm³/mol. The Morgan fingerprint density at radius 3 is 3.07 bits per heavy atom. The van der Waals surface area contributed by atoms with Crippen molar-refractivity contribution in [3.63, 3.8) is 0 Å². The highest BCUT2D eigenvalue weighted by atomic mass is 32.2. The number of anilines is 1. The van der Waals surface area contributed by atoms with Crippen LogP contribution in [0.4, 0.5) is 5.95 Å². The maximum absolute atomic E-state index is 11.1. The lowest BCUT2D eigenvalue weighted by molar-refractivity contribution is -0.139. The zero-order chi connectivity index (χ0) is 11.3. The van der Waals surface area contributed by atoms with Crippen molar-refractivity contribution in [1.82, 2.24) is 9.97 Å². The Balaban J connectivity index is 2.57. The summed E-state index contributed by atoms with van der Waals surface area (Å²) >= 11 is 1.30. The average molecular weight is 227 g/mol. The van der Waals surface area contributed by atoms with E-state index in [9.17, 15) is 4.79 Å². The molecule has 15 heavy (non-hydrogen) atoms. The number of thioether (sulfide) groups is 1. The van der Waals surface area contributed by atoms with E-state index in [0.29, 0.717) is 6.61 Å². The molecule has 1 aromatic heterocycles. The van der Waals surface area contributed by atoms with Crippen LogP contribution in [0.5, 0.6) is 0 Å². The van der Waals surface area contributed by atoms with Gasteiger partial charge in [0.05, 0.1) is 12.4 Å². The Morgan fingerprint density at radius 1 is 1.67 bits per heavy atom. The van der Waals surface area contributed by atoms with Gasteiger partial charge in [0.2, 0.25) is 5.95 Å². The molecule has 6 heteroatoms.